The number of amides is 1. The number of rotatable bonds is 5. The van der Waals surface area contributed by atoms with Crippen LogP contribution in [0.4, 0.5) is 5.69 Å². The molecule has 1 rings (SSSR count). The van der Waals surface area contributed by atoms with Crippen molar-refractivity contribution in [1.82, 2.24) is 0 Å². The lowest BCUT2D eigenvalue weighted by Crippen LogP contribution is -2.20. The Morgan fingerprint density at radius 3 is 2.71 bits per heavy atom. The molecule has 0 radical (unpaired) electrons. The number of ether oxygens (including phenoxy) is 1. The highest BCUT2D eigenvalue weighted by molar-refractivity contribution is 9.10. The molecule has 1 aromatic carbocycles. The first-order valence-corrected chi connectivity index (χ1v) is 5.70. The number of carboxylic acid groups (broad SMARTS) is 1. The Kier molecular flexibility index (Phi) is 5.40. The van der Waals surface area contributed by atoms with Gasteiger partial charge >= 0.3 is 5.97 Å². The number of hydrogen-bond donors (Lipinski definition) is 2. The maximum absolute atomic E-state index is 11.3. The van der Waals surface area contributed by atoms with Crippen LogP contribution >= 0.6 is 27.5 Å². The molecule has 0 atom stereocenters. The van der Waals surface area contributed by atoms with Crippen LogP contribution in [0.5, 0.6) is 0 Å². The third-order valence-electron chi connectivity index (χ3n) is 1.66. The molecule has 2 N–H and O–H groups in total. The minimum atomic E-state index is -1.12. The molecule has 0 aliphatic carbocycles. The van der Waals surface area contributed by atoms with Crippen molar-refractivity contribution in [3.05, 3.63) is 27.7 Å². The summed E-state index contributed by atoms with van der Waals surface area (Å²) < 4.78 is 5.29. The van der Waals surface area contributed by atoms with Crippen molar-refractivity contribution in [2.24, 2.45) is 0 Å². The zero-order valence-corrected chi connectivity index (χ0v) is 10.9. The summed E-state index contributed by atoms with van der Waals surface area (Å²) in [7, 11) is 0. The summed E-state index contributed by atoms with van der Waals surface area (Å²) in [6.07, 6.45) is 0. The normalized spacial score (nSPS) is 10.0. The fourth-order valence-electron chi connectivity index (χ4n) is 1.00. The van der Waals surface area contributed by atoms with Crippen LogP contribution in [0.3, 0.4) is 0 Å². The van der Waals surface area contributed by atoms with E-state index in [9.17, 15) is 9.59 Å². The van der Waals surface area contributed by atoms with Gasteiger partial charge in [-0.05, 0) is 34.1 Å². The van der Waals surface area contributed by atoms with E-state index in [0.717, 1.165) is 0 Å². The lowest BCUT2D eigenvalue weighted by Gasteiger charge is -2.06. The third kappa shape index (κ3) is 5.16. The fourth-order valence-corrected chi connectivity index (χ4v) is 1.50. The van der Waals surface area contributed by atoms with Crippen LogP contribution in [-0.2, 0) is 14.3 Å². The smallest absolute Gasteiger partial charge is 0.329 e. The molecule has 0 saturated carbocycles. The Balaban J connectivity index is 2.45. The molecule has 1 aromatic rings. The van der Waals surface area contributed by atoms with Gasteiger partial charge in [-0.15, -0.1) is 0 Å². The summed E-state index contributed by atoms with van der Waals surface area (Å²) in [5.41, 5.74) is 0.546. The van der Waals surface area contributed by atoms with E-state index in [1.807, 2.05) is 0 Å². The van der Waals surface area contributed by atoms with E-state index in [4.69, 9.17) is 16.7 Å². The number of carbonyl (C=O) groups excluding carboxylic acids is 1. The Hall–Kier alpha value is -1.11. The maximum atomic E-state index is 11.3. The standard InChI is InChI=1S/C10H9BrClNO4/c11-7-3-6(1-2-8(7)12)13-9(14)4-17-5-10(15)16/h1-3H,4-5H2,(H,13,14)(H,15,16). The number of anilines is 1. The summed E-state index contributed by atoms with van der Waals surface area (Å²) in [5.74, 6) is -1.55. The summed E-state index contributed by atoms with van der Waals surface area (Å²) in [6.45, 7) is -0.815. The Bertz CT molecular complexity index is 438. The first-order chi connectivity index (χ1) is 7.99. The summed E-state index contributed by atoms with van der Waals surface area (Å²) in [5, 5.41) is 11.4. The van der Waals surface area contributed by atoms with Crippen LogP contribution in [-0.4, -0.2) is 30.2 Å². The van der Waals surface area contributed by atoms with Crippen molar-refractivity contribution in [3.8, 4) is 0 Å². The van der Waals surface area contributed by atoms with E-state index in [-0.39, 0.29) is 6.61 Å². The number of hydrogen-bond acceptors (Lipinski definition) is 3. The topological polar surface area (TPSA) is 75.6 Å². The van der Waals surface area contributed by atoms with Gasteiger partial charge in [-0.25, -0.2) is 4.79 Å². The van der Waals surface area contributed by atoms with Gasteiger partial charge in [0, 0.05) is 10.2 Å². The molecular weight excluding hydrogens is 313 g/mol. The van der Waals surface area contributed by atoms with Crippen molar-refractivity contribution >= 4 is 45.1 Å². The number of carboxylic acids is 1. The highest BCUT2D eigenvalue weighted by Crippen LogP contribution is 2.25. The molecule has 0 bridgehead atoms. The molecule has 0 aliphatic heterocycles. The Morgan fingerprint density at radius 1 is 1.41 bits per heavy atom. The molecule has 7 heteroatoms. The van der Waals surface area contributed by atoms with Crippen LogP contribution in [0.2, 0.25) is 5.02 Å². The predicted molar refractivity (Wildman–Crippen MR) is 66.2 cm³/mol. The van der Waals surface area contributed by atoms with Gasteiger partial charge in [0.05, 0.1) is 5.02 Å². The van der Waals surface area contributed by atoms with Gasteiger partial charge in [0.25, 0.3) is 0 Å². The highest BCUT2D eigenvalue weighted by atomic mass is 79.9. The minimum Gasteiger partial charge on any atom is -0.480 e. The molecule has 1 amide bonds. The van der Waals surface area contributed by atoms with Crippen molar-refractivity contribution in [3.63, 3.8) is 0 Å². The highest BCUT2D eigenvalue weighted by Gasteiger charge is 2.05. The average molecular weight is 323 g/mol. The molecule has 0 fully saturated rings. The molecule has 0 saturated heterocycles. The second kappa shape index (κ2) is 6.58. The van der Waals surface area contributed by atoms with Gasteiger partial charge in [-0.3, -0.25) is 4.79 Å². The van der Waals surface area contributed by atoms with E-state index in [2.05, 4.69) is 26.0 Å². The van der Waals surface area contributed by atoms with Crippen molar-refractivity contribution < 1.29 is 19.4 Å². The molecule has 0 aromatic heterocycles. The van der Waals surface area contributed by atoms with Gasteiger partial charge in [-0.1, -0.05) is 11.6 Å². The zero-order valence-electron chi connectivity index (χ0n) is 8.57. The van der Waals surface area contributed by atoms with E-state index in [1.165, 1.54) is 0 Å². The zero-order chi connectivity index (χ0) is 12.8. The monoisotopic (exact) mass is 321 g/mol. The number of benzene rings is 1. The number of aliphatic carboxylic acids is 1. The van der Waals surface area contributed by atoms with E-state index >= 15 is 0 Å². The molecule has 0 heterocycles. The van der Waals surface area contributed by atoms with Gasteiger partial charge in [0.1, 0.15) is 13.2 Å². The van der Waals surface area contributed by atoms with Crippen molar-refractivity contribution in [2.45, 2.75) is 0 Å². The van der Waals surface area contributed by atoms with Crippen LogP contribution in [0.1, 0.15) is 0 Å². The molecule has 0 unspecified atom stereocenters. The largest absolute Gasteiger partial charge is 0.480 e. The van der Waals surface area contributed by atoms with E-state index in [1.54, 1.807) is 18.2 Å². The van der Waals surface area contributed by atoms with Gasteiger partial charge < -0.3 is 15.2 Å². The second-order valence-electron chi connectivity index (χ2n) is 3.06. The van der Waals surface area contributed by atoms with Crippen LogP contribution < -0.4 is 5.32 Å². The Morgan fingerprint density at radius 2 is 2.12 bits per heavy atom. The molecule has 0 aliphatic rings. The third-order valence-corrected chi connectivity index (χ3v) is 2.88. The van der Waals surface area contributed by atoms with Crippen LogP contribution in [0, 0.1) is 0 Å². The molecule has 92 valence electrons. The van der Waals surface area contributed by atoms with Gasteiger partial charge in [0.15, 0.2) is 0 Å². The van der Waals surface area contributed by atoms with Crippen molar-refractivity contribution in [1.29, 1.82) is 0 Å². The first-order valence-electron chi connectivity index (χ1n) is 4.53. The Labute approximate surface area is 111 Å². The summed E-state index contributed by atoms with van der Waals surface area (Å²) >= 11 is 9.00. The predicted octanol–water partition coefficient (Wildman–Crippen LogP) is 2.14. The van der Waals surface area contributed by atoms with E-state index < -0.39 is 18.5 Å². The van der Waals surface area contributed by atoms with Gasteiger partial charge in [-0.2, -0.15) is 0 Å². The maximum Gasteiger partial charge on any atom is 0.329 e. The second-order valence-corrected chi connectivity index (χ2v) is 4.33. The lowest BCUT2D eigenvalue weighted by atomic mass is 10.3. The molecular formula is C10H9BrClNO4. The fraction of sp³-hybridized carbons (Fsp3) is 0.200. The SMILES string of the molecule is O=C(O)COCC(=O)Nc1ccc(Cl)c(Br)c1. The first kappa shape index (κ1) is 14.0. The van der Waals surface area contributed by atoms with E-state index in [0.29, 0.717) is 15.2 Å². The van der Waals surface area contributed by atoms with Crippen LogP contribution in [0.25, 0.3) is 0 Å². The van der Waals surface area contributed by atoms with Crippen LogP contribution in [0.15, 0.2) is 22.7 Å². The quantitative estimate of drug-likeness (QED) is 0.871. The van der Waals surface area contributed by atoms with Gasteiger partial charge in [0.2, 0.25) is 5.91 Å². The summed E-state index contributed by atoms with van der Waals surface area (Å²) in [4.78, 5) is 21.5. The summed E-state index contributed by atoms with van der Waals surface area (Å²) in [6, 6.07) is 4.89. The number of halogens is 2. The minimum absolute atomic E-state index is 0.313. The molecule has 5 nitrogen and oxygen atoms in total. The lowest BCUT2D eigenvalue weighted by molar-refractivity contribution is -0.143. The molecule has 17 heavy (non-hydrogen) atoms. The molecule has 0 spiro atoms. The number of nitrogens with one attached hydrogen (secondary N) is 1. The van der Waals surface area contributed by atoms with Crippen molar-refractivity contribution in [2.75, 3.05) is 18.5 Å². The average Bonchev–Trinajstić information content (AvgIpc) is 2.23. The number of carbonyl (C=O) groups is 2.